The topological polar surface area (TPSA) is 42.2 Å². The lowest BCUT2D eigenvalue weighted by Crippen LogP contribution is -2.21. The van der Waals surface area contributed by atoms with Crippen molar-refractivity contribution in [2.45, 2.75) is 26.8 Å². The molecule has 0 unspecified atom stereocenters. The summed E-state index contributed by atoms with van der Waals surface area (Å²) in [7, 11) is 0. The first-order chi connectivity index (χ1) is 7.50. The number of phenols is 1. The second-order valence-corrected chi connectivity index (χ2v) is 4.35. The van der Waals surface area contributed by atoms with Gasteiger partial charge in [0.05, 0.1) is 5.39 Å². The number of hydrogen-bond acceptors (Lipinski definition) is 2. The van der Waals surface area contributed by atoms with Crippen LogP contribution in [0.3, 0.4) is 0 Å². The Morgan fingerprint density at radius 3 is 2.56 bits per heavy atom. The molecule has 2 aromatic rings. The zero-order valence-corrected chi connectivity index (χ0v) is 9.69. The predicted octanol–water partition coefficient (Wildman–Crippen LogP) is 2.60. The Balaban J connectivity index is 2.92. The molecule has 0 aliphatic rings. The van der Waals surface area contributed by atoms with Gasteiger partial charge in [0.25, 0.3) is 5.56 Å². The van der Waals surface area contributed by atoms with E-state index in [1.165, 1.54) is 6.07 Å². The van der Waals surface area contributed by atoms with Gasteiger partial charge in [-0.25, -0.2) is 0 Å². The zero-order valence-electron chi connectivity index (χ0n) is 9.69. The quantitative estimate of drug-likeness (QED) is 0.797. The van der Waals surface area contributed by atoms with Crippen LogP contribution in [0.5, 0.6) is 5.75 Å². The van der Waals surface area contributed by atoms with Crippen LogP contribution >= 0.6 is 0 Å². The van der Waals surface area contributed by atoms with Gasteiger partial charge in [-0.1, -0.05) is 6.07 Å². The van der Waals surface area contributed by atoms with Gasteiger partial charge in [-0.15, -0.1) is 0 Å². The molecule has 0 fully saturated rings. The Labute approximate surface area is 94.0 Å². The first-order valence-electron chi connectivity index (χ1n) is 5.35. The van der Waals surface area contributed by atoms with E-state index in [1.807, 2.05) is 27.0 Å². The van der Waals surface area contributed by atoms with Crippen molar-refractivity contribution in [3.05, 3.63) is 40.3 Å². The summed E-state index contributed by atoms with van der Waals surface area (Å²) < 4.78 is 1.69. The maximum Gasteiger partial charge on any atom is 0.258 e. The Morgan fingerprint density at radius 1 is 1.25 bits per heavy atom. The van der Waals surface area contributed by atoms with Crippen LogP contribution in [0.15, 0.2) is 29.2 Å². The minimum absolute atomic E-state index is 0.0495. The molecule has 0 radical (unpaired) electrons. The molecule has 1 heterocycles. The van der Waals surface area contributed by atoms with E-state index in [-0.39, 0.29) is 17.4 Å². The van der Waals surface area contributed by atoms with E-state index < -0.39 is 0 Å². The minimum Gasteiger partial charge on any atom is -0.508 e. The fourth-order valence-corrected chi connectivity index (χ4v) is 1.91. The molecule has 0 saturated heterocycles. The molecule has 3 nitrogen and oxygen atoms in total. The Kier molecular flexibility index (Phi) is 2.46. The van der Waals surface area contributed by atoms with Crippen LogP contribution < -0.4 is 5.56 Å². The van der Waals surface area contributed by atoms with E-state index >= 15 is 0 Å². The smallest absolute Gasteiger partial charge is 0.258 e. The largest absolute Gasteiger partial charge is 0.508 e. The highest BCUT2D eigenvalue weighted by atomic mass is 16.3. The van der Waals surface area contributed by atoms with Crippen molar-refractivity contribution in [3.63, 3.8) is 0 Å². The van der Waals surface area contributed by atoms with Crippen LogP contribution in [0, 0.1) is 6.92 Å². The van der Waals surface area contributed by atoms with Gasteiger partial charge in [0.1, 0.15) is 5.75 Å². The second kappa shape index (κ2) is 3.67. The van der Waals surface area contributed by atoms with Gasteiger partial charge in [0, 0.05) is 12.2 Å². The molecule has 3 heteroatoms. The number of benzene rings is 1. The van der Waals surface area contributed by atoms with Gasteiger partial charge in [-0.3, -0.25) is 4.79 Å². The van der Waals surface area contributed by atoms with Gasteiger partial charge in [-0.2, -0.15) is 0 Å². The van der Waals surface area contributed by atoms with Gasteiger partial charge in [-0.05, 0) is 43.9 Å². The average molecular weight is 217 g/mol. The highest BCUT2D eigenvalue weighted by Gasteiger charge is 2.08. The van der Waals surface area contributed by atoms with Crippen LogP contribution in [-0.2, 0) is 0 Å². The van der Waals surface area contributed by atoms with Crippen LogP contribution in [0.2, 0.25) is 0 Å². The molecule has 16 heavy (non-hydrogen) atoms. The number of aryl methyl sites for hydroxylation is 1. The number of pyridine rings is 1. The zero-order chi connectivity index (χ0) is 11.9. The van der Waals surface area contributed by atoms with Crippen LogP contribution in [0.1, 0.15) is 25.5 Å². The Morgan fingerprint density at radius 2 is 1.94 bits per heavy atom. The minimum atomic E-state index is -0.0495. The number of rotatable bonds is 1. The molecule has 1 aromatic carbocycles. The van der Waals surface area contributed by atoms with Crippen molar-refractivity contribution >= 4 is 10.8 Å². The third-order valence-electron chi connectivity index (χ3n) is 2.78. The number of nitrogens with zero attached hydrogens (tertiary/aromatic N) is 1. The van der Waals surface area contributed by atoms with E-state index in [1.54, 1.807) is 16.7 Å². The molecule has 0 aliphatic carbocycles. The van der Waals surface area contributed by atoms with E-state index in [9.17, 15) is 9.90 Å². The summed E-state index contributed by atoms with van der Waals surface area (Å²) in [4.78, 5) is 12.1. The number of fused-ring (bicyclic) bond motifs is 1. The molecule has 0 saturated carbocycles. The maximum atomic E-state index is 12.1. The molecule has 84 valence electrons. The van der Waals surface area contributed by atoms with E-state index in [4.69, 9.17) is 0 Å². The molecule has 0 spiro atoms. The number of phenolic OH excluding ortho intramolecular Hbond substituents is 1. The fourth-order valence-electron chi connectivity index (χ4n) is 1.91. The van der Waals surface area contributed by atoms with Crippen molar-refractivity contribution in [1.82, 2.24) is 4.57 Å². The highest BCUT2D eigenvalue weighted by molar-refractivity contribution is 5.85. The Bertz CT molecular complexity index is 597. The molecule has 0 atom stereocenters. The molecule has 0 aliphatic heterocycles. The number of hydrogen-bond donors (Lipinski definition) is 1. The SMILES string of the molecule is Cc1cn(C(C)C)c(=O)c2cc(O)ccc12. The molecule has 1 aromatic heterocycles. The summed E-state index contributed by atoms with van der Waals surface area (Å²) in [5.74, 6) is 0.130. The van der Waals surface area contributed by atoms with E-state index in [0.717, 1.165) is 10.9 Å². The van der Waals surface area contributed by atoms with Gasteiger partial charge in [0.15, 0.2) is 0 Å². The highest BCUT2D eigenvalue weighted by Crippen LogP contribution is 2.20. The van der Waals surface area contributed by atoms with Gasteiger partial charge < -0.3 is 9.67 Å². The number of aromatic hydroxyl groups is 1. The lowest BCUT2D eigenvalue weighted by atomic mass is 10.1. The molecule has 2 rings (SSSR count). The molecule has 1 N–H and O–H groups in total. The molecular formula is C13H15NO2. The van der Waals surface area contributed by atoms with E-state index in [0.29, 0.717) is 5.39 Å². The maximum absolute atomic E-state index is 12.1. The van der Waals surface area contributed by atoms with Crippen molar-refractivity contribution in [1.29, 1.82) is 0 Å². The summed E-state index contributed by atoms with van der Waals surface area (Å²) >= 11 is 0. The Hall–Kier alpha value is -1.77. The summed E-state index contributed by atoms with van der Waals surface area (Å²) in [6.07, 6.45) is 1.87. The van der Waals surface area contributed by atoms with Crippen LogP contribution in [0.25, 0.3) is 10.8 Å². The summed E-state index contributed by atoms with van der Waals surface area (Å²) in [6.45, 7) is 5.91. The standard InChI is InChI=1S/C13H15NO2/c1-8(2)14-7-9(3)11-5-4-10(15)6-12(11)13(14)16/h4-8,15H,1-3H3. The summed E-state index contributed by atoms with van der Waals surface area (Å²) in [6, 6.07) is 5.04. The van der Waals surface area contributed by atoms with Crippen molar-refractivity contribution in [2.24, 2.45) is 0 Å². The molecule has 0 bridgehead atoms. The number of aromatic nitrogens is 1. The first kappa shape index (κ1) is 10.7. The average Bonchev–Trinajstić information content (AvgIpc) is 2.22. The lowest BCUT2D eigenvalue weighted by Gasteiger charge is -2.13. The first-order valence-corrected chi connectivity index (χ1v) is 5.35. The van der Waals surface area contributed by atoms with Gasteiger partial charge >= 0.3 is 0 Å². The predicted molar refractivity (Wildman–Crippen MR) is 65.0 cm³/mol. The normalized spacial score (nSPS) is 11.2. The van der Waals surface area contributed by atoms with Crippen molar-refractivity contribution in [3.8, 4) is 5.75 Å². The van der Waals surface area contributed by atoms with E-state index in [2.05, 4.69) is 0 Å². The summed E-state index contributed by atoms with van der Waals surface area (Å²) in [5, 5.41) is 10.9. The third kappa shape index (κ3) is 1.58. The second-order valence-electron chi connectivity index (χ2n) is 4.35. The third-order valence-corrected chi connectivity index (χ3v) is 2.78. The fraction of sp³-hybridized carbons (Fsp3) is 0.308. The molecule has 0 amide bonds. The van der Waals surface area contributed by atoms with Crippen molar-refractivity contribution in [2.75, 3.05) is 0 Å². The van der Waals surface area contributed by atoms with Gasteiger partial charge in [0.2, 0.25) is 0 Å². The van der Waals surface area contributed by atoms with Crippen LogP contribution in [0.4, 0.5) is 0 Å². The van der Waals surface area contributed by atoms with Crippen molar-refractivity contribution < 1.29 is 5.11 Å². The monoisotopic (exact) mass is 217 g/mol. The molecular weight excluding hydrogens is 202 g/mol. The summed E-state index contributed by atoms with van der Waals surface area (Å²) in [5.41, 5.74) is 0.995. The van der Waals surface area contributed by atoms with Crippen LogP contribution in [-0.4, -0.2) is 9.67 Å². The lowest BCUT2D eigenvalue weighted by molar-refractivity contribution is 0.476.